The molecule has 0 spiro atoms. The Labute approximate surface area is 100 Å². The molecule has 0 bridgehead atoms. The lowest BCUT2D eigenvalue weighted by Crippen LogP contribution is -2.33. The molecule has 0 atom stereocenters. The molecule has 1 aromatic carbocycles. The van der Waals surface area contributed by atoms with Crippen LogP contribution in [0.3, 0.4) is 0 Å². The molecule has 0 unspecified atom stereocenters. The minimum absolute atomic E-state index is 0.125. The third-order valence-corrected chi connectivity index (χ3v) is 4.48. The molecule has 1 aromatic rings. The van der Waals surface area contributed by atoms with Gasteiger partial charge in [-0.05, 0) is 18.2 Å². The fourth-order valence-corrected chi connectivity index (χ4v) is 3.29. The van der Waals surface area contributed by atoms with Gasteiger partial charge in [-0.1, -0.05) is 17.7 Å². The number of halogens is 1. The summed E-state index contributed by atoms with van der Waals surface area (Å²) < 4.78 is 25.3. The van der Waals surface area contributed by atoms with Gasteiger partial charge in [0.2, 0.25) is 10.0 Å². The Balaban J connectivity index is 2.37. The lowest BCUT2D eigenvalue weighted by Gasteiger charge is -2.21. The molecular weight excluding hydrogens is 248 g/mol. The van der Waals surface area contributed by atoms with Crippen LogP contribution in [-0.2, 0) is 10.0 Å². The molecule has 16 heavy (non-hydrogen) atoms. The summed E-state index contributed by atoms with van der Waals surface area (Å²) in [6.07, 6.45) is 0. The van der Waals surface area contributed by atoms with Crippen LogP contribution < -0.4 is 9.62 Å². The summed E-state index contributed by atoms with van der Waals surface area (Å²) >= 11 is 5.86. The highest BCUT2D eigenvalue weighted by Crippen LogP contribution is 2.22. The molecule has 1 N–H and O–H groups in total. The first-order valence-corrected chi connectivity index (χ1v) is 7.05. The Bertz CT molecular complexity index is 475. The number of sulfonamides is 1. The lowest BCUT2D eigenvalue weighted by atomic mass is 10.3. The van der Waals surface area contributed by atoms with E-state index in [0.29, 0.717) is 30.3 Å². The van der Waals surface area contributed by atoms with Crippen molar-refractivity contribution >= 4 is 27.3 Å². The van der Waals surface area contributed by atoms with E-state index in [1.54, 1.807) is 24.3 Å². The minimum atomic E-state index is -3.22. The van der Waals surface area contributed by atoms with E-state index in [2.05, 4.69) is 5.32 Å². The second kappa shape index (κ2) is 4.61. The Morgan fingerprint density at radius 3 is 2.88 bits per heavy atom. The van der Waals surface area contributed by atoms with Gasteiger partial charge in [0, 0.05) is 24.7 Å². The zero-order valence-electron chi connectivity index (χ0n) is 8.69. The van der Waals surface area contributed by atoms with E-state index in [4.69, 9.17) is 11.6 Å². The van der Waals surface area contributed by atoms with E-state index in [1.165, 1.54) is 4.31 Å². The first kappa shape index (κ1) is 11.7. The fourth-order valence-electron chi connectivity index (χ4n) is 1.68. The highest BCUT2D eigenvalue weighted by molar-refractivity contribution is 7.92. The predicted octanol–water partition coefficient (Wildman–Crippen LogP) is 1.08. The Morgan fingerprint density at radius 2 is 2.12 bits per heavy atom. The molecule has 0 saturated carbocycles. The van der Waals surface area contributed by atoms with Crippen molar-refractivity contribution in [2.75, 3.05) is 29.7 Å². The van der Waals surface area contributed by atoms with Gasteiger partial charge in [0.05, 0.1) is 11.4 Å². The third-order valence-electron chi connectivity index (χ3n) is 2.46. The summed E-state index contributed by atoms with van der Waals surface area (Å²) in [6, 6.07) is 6.92. The van der Waals surface area contributed by atoms with Crippen molar-refractivity contribution in [3.05, 3.63) is 29.3 Å². The van der Waals surface area contributed by atoms with Gasteiger partial charge in [0.1, 0.15) is 0 Å². The van der Waals surface area contributed by atoms with Crippen LogP contribution >= 0.6 is 11.6 Å². The number of benzene rings is 1. The van der Waals surface area contributed by atoms with Gasteiger partial charge in [0.15, 0.2) is 0 Å². The van der Waals surface area contributed by atoms with Gasteiger partial charge < -0.3 is 5.32 Å². The molecule has 2 rings (SSSR count). The van der Waals surface area contributed by atoms with Crippen molar-refractivity contribution in [2.24, 2.45) is 0 Å². The largest absolute Gasteiger partial charge is 0.314 e. The predicted molar refractivity (Wildman–Crippen MR) is 65.5 cm³/mol. The number of anilines is 1. The second-order valence-corrected chi connectivity index (χ2v) is 6.07. The molecular formula is C10H13ClN2O2S. The van der Waals surface area contributed by atoms with Crippen LogP contribution in [0.2, 0.25) is 5.02 Å². The maximum Gasteiger partial charge on any atom is 0.236 e. The van der Waals surface area contributed by atoms with Gasteiger partial charge in [-0.15, -0.1) is 0 Å². The Hall–Kier alpha value is -0.780. The molecule has 1 aliphatic heterocycles. The topological polar surface area (TPSA) is 49.4 Å². The monoisotopic (exact) mass is 260 g/mol. The molecule has 1 heterocycles. The first-order chi connectivity index (χ1) is 7.59. The number of hydrogen-bond acceptors (Lipinski definition) is 3. The molecule has 0 aliphatic carbocycles. The van der Waals surface area contributed by atoms with Crippen molar-refractivity contribution in [2.45, 2.75) is 0 Å². The maximum atomic E-state index is 12.0. The fraction of sp³-hybridized carbons (Fsp3) is 0.400. The summed E-state index contributed by atoms with van der Waals surface area (Å²) in [5.41, 5.74) is 0.635. The molecule has 4 nitrogen and oxygen atoms in total. The van der Waals surface area contributed by atoms with Crippen molar-refractivity contribution < 1.29 is 8.42 Å². The van der Waals surface area contributed by atoms with E-state index >= 15 is 0 Å². The minimum Gasteiger partial charge on any atom is -0.314 e. The van der Waals surface area contributed by atoms with E-state index in [1.807, 2.05) is 0 Å². The zero-order valence-corrected chi connectivity index (χ0v) is 10.3. The summed E-state index contributed by atoms with van der Waals surface area (Å²) in [5, 5.41) is 3.61. The molecule has 0 amide bonds. The number of nitrogens with zero attached hydrogens (tertiary/aromatic N) is 1. The van der Waals surface area contributed by atoms with Crippen LogP contribution in [0.5, 0.6) is 0 Å². The van der Waals surface area contributed by atoms with E-state index in [0.717, 1.165) is 0 Å². The van der Waals surface area contributed by atoms with Crippen LogP contribution in [0.1, 0.15) is 0 Å². The Morgan fingerprint density at radius 1 is 1.31 bits per heavy atom. The van der Waals surface area contributed by atoms with E-state index < -0.39 is 10.0 Å². The third kappa shape index (κ3) is 2.48. The van der Waals surface area contributed by atoms with Crippen LogP contribution in [0.15, 0.2) is 24.3 Å². The molecule has 6 heteroatoms. The standard InChI is InChI=1S/C10H13ClN2O2S/c11-9-2-1-3-10(8-9)13-6-4-12-5-7-16(13,14)15/h1-3,8,12H,4-7H2. The van der Waals surface area contributed by atoms with Crippen LogP contribution in [-0.4, -0.2) is 33.8 Å². The zero-order chi connectivity index (χ0) is 11.6. The normalized spacial score (nSPS) is 20.4. The van der Waals surface area contributed by atoms with Crippen LogP contribution in [0.25, 0.3) is 0 Å². The molecule has 1 saturated heterocycles. The van der Waals surface area contributed by atoms with Gasteiger partial charge in [0.25, 0.3) is 0 Å². The second-order valence-electron chi connectivity index (χ2n) is 3.62. The van der Waals surface area contributed by atoms with Gasteiger partial charge in [-0.25, -0.2) is 8.42 Å². The van der Waals surface area contributed by atoms with Crippen molar-refractivity contribution in [3.8, 4) is 0 Å². The summed E-state index contributed by atoms with van der Waals surface area (Å²) in [4.78, 5) is 0. The quantitative estimate of drug-likeness (QED) is 0.822. The van der Waals surface area contributed by atoms with E-state index in [9.17, 15) is 8.42 Å². The van der Waals surface area contributed by atoms with Crippen LogP contribution in [0.4, 0.5) is 5.69 Å². The number of hydrogen-bond donors (Lipinski definition) is 1. The van der Waals surface area contributed by atoms with Crippen molar-refractivity contribution in [3.63, 3.8) is 0 Å². The van der Waals surface area contributed by atoms with Crippen molar-refractivity contribution in [1.29, 1.82) is 0 Å². The average molecular weight is 261 g/mol. The highest BCUT2D eigenvalue weighted by atomic mass is 35.5. The van der Waals surface area contributed by atoms with Gasteiger partial charge >= 0.3 is 0 Å². The lowest BCUT2D eigenvalue weighted by molar-refractivity contribution is 0.594. The summed E-state index contributed by atoms with van der Waals surface area (Å²) in [5.74, 6) is 0.125. The van der Waals surface area contributed by atoms with Gasteiger partial charge in [-0.3, -0.25) is 4.31 Å². The summed E-state index contributed by atoms with van der Waals surface area (Å²) in [6.45, 7) is 1.60. The highest BCUT2D eigenvalue weighted by Gasteiger charge is 2.24. The average Bonchev–Trinajstić information content (AvgIpc) is 2.39. The summed E-state index contributed by atoms with van der Waals surface area (Å²) in [7, 11) is -3.22. The molecule has 0 radical (unpaired) electrons. The van der Waals surface area contributed by atoms with Crippen molar-refractivity contribution in [1.82, 2.24) is 5.32 Å². The first-order valence-electron chi connectivity index (χ1n) is 5.06. The SMILES string of the molecule is O=S1(=O)CCNCCN1c1cccc(Cl)c1. The maximum absolute atomic E-state index is 12.0. The molecule has 1 fully saturated rings. The van der Waals surface area contributed by atoms with E-state index in [-0.39, 0.29) is 5.75 Å². The smallest absolute Gasteiger partial charge is 0.236 e. The van der Waals surface area contributed by atoms with Gasteiger partial charge in [-0.2, -0.15) is 0 Å². The molecule has 1 aliphatic rings. The number of rotatable bonds is 1. The number of nitrogens with one attached hydrogen (secondary N) is 1. The molecule has 0 aromatic heterocycles. The van der Waals surface area contributed by atoms with Crippen LogP contribution in [0, 0.1) is 0 Å². The molecule has 88 valence electrons. The Kier molecular flexibility index (Phi) is 3.37.